The SMILES string of the molecule is CN1CCc2c(ccc3c2OCO3)[C@@H]1CN. The predicted molar refractivity (Wildman–Crippen MR) is 60.7 cm³/mol. The molecule has 3 rings (SSSR count). The van der Waals surface area contributed by atoms with Crippen LogP contribution in [-0.2, 0) is 6.42 Å². The molecule has 0 saturated carbocycles. The van der Waals surface area contributed by atoms with Gasteiger partial charge in [-0.15, -0.1) is 0 Å². The van der Waals surface area contributed by atoms with Crippen LogP contribution in [-0.4, -0.2) is 31.8 Å². The van der Waals surface area contributed by atoms with E-state index in [4.69, 9.17) is 15.2 Å². The van der Waals surface area contributed by atoms with Crippen LogP contribution < -0.4 is 15.2 Å². The first-order valence-electron chi connectivity index (χ1n) is 5.63. The molecule has 2 heterocycles. The lowest BCUT2D eigenvalue weighted by atomic mass is 9.92. The third-order valence-electron chi connectivity index (χ3n) is 3.51. The van der Waals surface area contributed by atoms with Gasteiger partial charge in [0.25, 0.3) is 0 Å². The molecule has 0 unspecified atom stereocenters. The average Bonchev–Trinajstić information content (AvgIpc) is 2.76. The lowest BCUT2D eigenvalue weighted by molar-refractivity contribution is 0.171. The summed E-state index contributed by atoms with van der Waals surface area (Å²) in [6, 6.07) is 4.41. The summed E-state index contributed by atoms with van der Waals surface area (Å²) in [6.45, 7) is 2.01. The molecule has 86 valence electrons. The number of likely N-dealkylation sites (N-methyl/N-ethyl adjacent to an activating group) is 1. The summed E-state index contributed by atoms with van der Waals surface area (Å²) in [5.74, 6) is 1.81. The van der Waals surface area contributed by atoms with Crippen molar-refractivity contribution in [3.63, 3.8) is 0 Å². The fraction of sp³-hybridized carbons (Fsp3) is 0.500. The Morgan fingerprint density at radius 1 is 1.44 bits per heavy atom. The van der Waals surface area contributed by atoms with E-state index in [1.165, 1.54) is 11.1 Å². The Morgan fingerprint density at radius 3 is 3.12 bits per heavy atom. The number of ether oxygens (including phenoxy) is 2. The Morgan fingerprint density at radius 2 is 2.31 bits per heavy atom. The van der Waals surface area contributed by atoms with E-state index in [0.717, 1.165) is 24.5 Å². The zero-order valence-corrected chi connectivity index (χ0v) is 9.40. The molecular formula is C12H16N2O2. The van der Waals surface area contributed by atoms with Crippen molar-refractivity contribution < 1.29 is 9.47 Å². The van der Waals surface area contributed by atoms with Gasteiger partial charge in [0.05, 0.1) is 0 Å². The van der Waals surface area contributed by atoms with Crippen LogP contribution in [0.5, 0.6) is 11.5 Å². The summed E-state index contributed by atoms with van der Waals surface area (Å²) in [5, 5.41) is 0. The van der Waals surface area contributed by atoms with Gasteiger partial charge < -0.3 is 15.2 Å². The van der Waals surface area contributed by atoms with Crippen molar-refractivity contribution in [3.05, 3.63) is 23.3 Å². The Hall–Kier alpha value is -1.26. The molecule has 1 aromatic rings. The molecular weight excluding hydrogens is 204 g/mol. The Labute approximate surface area is 94.9 Å². The van der Waals surface area contributed by atoms with Crippen LogP contribution in [0.1, 0.15) is 17.2 Å². The quantitative estimate of drug-likeness (QED) is 0.764. The minimum absolute atomic E-state index is 0.304. The molecule has 2 aliphatic heterocycles. The number of hydrogen-bond acceptors (Lipinski definition) is 4. The Kier molecular flexibility index (Phi) is 2.26. The van der Waals surface area contributed by atoms with Gasteiger partial charge in [-0.05, 0) is 25.1 Å². The lowest BCUT2D eigenvalue weighted by Crippen LogP contribution is -2.36. The molecule has 0 amide bonds. The maximum atomic E-state index is 5.84. The second kappa shape index (κ2) is 3.64. The van der Waals surface area contributed by atoms with Gasteiger partial charge in [0.1, 0.15) is 0 Å². The van der Waals surface area contributed by atoms with E-state index >= 15 is 0 Å². The monoisotopic (exact) mass is 220 g/mol. The molecule has 1 atom stereocenters. The van der Waals surface area contributed by atoms with Crippen molar-refractivity contribution in [2.45, 2.75) is 12.5 Å². The highest BCUT2D eigenvalue weighted by Gasteiger charge is 2.29. The molecule has 0 radical (unpaired) electrons. The second-order valence-electron chi connectivity index (χ2n) is 4.35. The minimum Gasteiger partial charge on any atom is -0.454 e. The third kappa shape index (κ3) is 1.30. The van der Waals surface area contributed by atoms with E-state index in [2.05, 4.69) is 18.0 Å². The number of benzene rings is 1. The van der Waals surface area contributed by atoms with Crippen molar-refractivity contribution in [2.75, 3.05) is 26.9 Å². The van der Waals surface area contributed by atoms with E-state index in [1.54, 1.807) is 0 Å². The van der Waals surface area contributed by atoms with E-state index in [-0.39, 0.29) is 0 Å². The van der Waals surface area contributed by atoms with Crippen molar-refractivity contribution in [1.29, 1.82) is 0 Å². The van der Waals surface area contributed by atoms with Gasteiger partial charge in [-0.25, -0.2) is 0 Å². The fourth-order valence-electron chi connectivity index (χ4n) is 2.60. The first-order valence-corrected chi connectivity index (χ1v) is 5.63. The Balaban J connectivity index is 2.11. The number of fused-ring (bicyclic) bond motifs is 3. The van der Waals surface area contributed by atoms with Crippen LogP contribution in [0, 0.1) is 0 Å². The Bertz CT molecular complexity index is 420. The minimum atomic E-state index is 0.304. The zero-order chi connectivity index (χ0) is 11.1. The smallest absolute Gasteiger partial charge is 0.231 e. The van der Waals surface area contributed by atoms with Crippen LogP contribution in [0.25, 0.3) is 0 Å². The summed E-state index contributed by atoms with van der Waals surface area (Å²) in [4.78, 5) is 2.30. The van der Waals surface area contributed by atoms with Gasteiger partial charge in [0.15, 0.2) is 11.5 Å². The molecule has 2 N–H and O–H groups in total. The number of hydrogen-bond donors (Lipinski definition) is 1. The number of nitrogens with two attached hydrogens (primary N) is 1. The fourth-order valence-corrected chi connectivity index (χ4v) is 2.60. The average molecular weight is 220 g/mol. The maximum absolute atomic E-state index is 5.84. The van der Waals surface area contributed by atoms with E-state index in [0.29, 0.717) is 19.4 Å². The van der Waals surface area contributed by atoms with Gasteiger partial charge in [0.2, 0.25) is 6.79 Å². The summed E-state index contributed by atoms with van der Waals surface area (Å²) in [5.41, 5.74) is 8.41. The highest BCUT2D eigenvalue weighted by molar-refractivity contribution is 5.54. The normalized spacial score (nSPS) is 23.2. The van der Waals surface area contributed by atoms with Crippen molar-refractivity contribution >= 4 is 0 Å². The van der Waals surface area contributed by atoms with E-state index < -0.39 is 0 Å². The molecule has 16 heavy (non-hydrogen) atoms. The molecule has 0 fully saturated rings. The van der Waals surface area contributed by atoms with E-state index in [9.17, 15) is 0 Å². The molecule has 2 aliphatic rings. The second-order valence-corrected chi connectivity index (χ2v) is 4.35. The van der Waals surface area contributed by atoms with Crippen LogP contribution in [0.4, 0.5) is 0 Å². The molecule has 0 aliphatic carbocycles. The largest absolute Gasteiger partial charge is 0.454 e. The zero-order valence-electron chi connectivity index (χ0n) is 9.40. The van der Waals surface area contributed by atoms with Crippen LogP contribution in [0.15, 0.2) is 12.1 Å². The molecule has 4 heteroatoms. The number of nitrogens with zero attached hydrogens (tertiary/aromatic N) is 1. The molecule has 0 aromatic heterocycles. The van der Waals surface area contributed by atoms with Crippen LogP contribution in [0.3, 0.4) is 0 Å². The van der Waals surface area contributed by atoms with Gasteiger partial charge in [-0.1, -0.05) is 6.07 Å². The molecule has 0 saturated heterocycles. The van der Waals surface area contributed by atoms with Gasteiger partial charge in [-0.3, -0.25) is 4.90 Å². The first kappa shape index (κ1) is 9.93. The topological polar surface area (TPSA) is 47.7 Å². The molecule has 0 spiro atoms. The van der Waals surface area contributed by atoms with Crippen LogP contribution >= 0.6 is 0 Å². The standard InChI is InChI=1S/C12H16N2O2/c1-14-5-4-9-8(10(14)6-13)2-3-11-12(9)16-7-15-11/h2-3,10H,4-7,13H2,1H3/t10-/m0/s1. The van der Waals surface area contributed by atoms with Gasteiger partial charge in [-0.2, -0.15) is 0 Å². The first-order chi connectivity index (χ1) is 7.81. The van der Waals surface area contributed by atoms with Gasteiger partial charge in [0, 0.05) is 24.7 Å². The van der Waals surface area contributed by atoms with Crippen molar-refractivity contribution in [3.8, 4) is 11.5 Å². The highest BCUT2D eigenvalue weighted by Crippen LogP contribution is 2.42. The molecule has 0 bridgehead atoms. The summed E-state index contributed by atoms with van der Waals surface area (Å²) < 4.78 is 10.9. The van der Waals surface area contributed by atoms with Crippen molar-refractivity contribution in [1.82, 2.24) is 4.90 Å². The highest BCUT2D eigenvalue weighted by atomic mass is 16.7. The molecule has 1 aromatic carbocycles. The third-order valence-corrected chi connectivity index (χ3v) is 3.51. The summed E-state index contributed by atoms with van der Waals surface area (Å²) in [6.07, 6.45) is 1.01. The van der Waals surface area contributed by atoms with Crippen LogP contribution in [0.2, 0.25) is 0 Å². The summed E-state index contributed by atoms with van der Waals surface area (Å²) in [7, 11) is 2.12. The number of rotatable bonds is 1. The lowest BCUT2D eigenvalue weighted by Gasteiger charge is -2.34. The predicted octanol–water partition coefficient (Wildman–Crippen LogP) is 0.903. The molecule has 4 nitrogen and oxygen atoms in total. The summed E-state index contributed by atoms with van der Waals surface area (Å²) >= 11 is 0. The maximum Gasteiger partial charge on any atom is 0.231 e. The van der Waals surface area contributed by atoms with Crippen molar-refractivity contribution in [2.24, 2.45) is 5.73 Å². The van der Waals surface area contributed by atoms with E-state index in [1.807, 2.05) is 6.07 Å². The van der Waals surface area contributed by atoms with Gasteiger partial charge >= 0.3 is 0 Å².